The Labute approximate surface area is 132 Å². The van der Waals surface area contributed by atoms with E-state index in [0.29, 0.717) is 27.3 Å². The van der Waals surface area contributed by atoms with Crippen molar-refractivity contribution in [2.45, 2.75) is 0 Å². The molecule has 5 nitrogen and oxygen atoms in total. The van der Waals surface area contributed by atoms with Gasteiger partial charge in [0.25, 0.3) is 5.91 Å². The van der Waals surface area contributed by atoms with E-state index in [9.17, 15) is 9.59 Å². The highest BCUT2D eigenvalue weighted by molar-refractivity contribution is 9.10. The monoisotopic (exact) mass is 365 g/mol. The van der Waals surface area contributed by atoms with Crippen LogP contribution < -0.4 is 11.0 Å². The summed E-state index contributed by atoms with van der Waals surface area (Å²) in [7, 11) is 0. The number of aromatic nitrogens is 2. The third-order valence-electron chi connectivity index (χ3n) is 2.95. The quantitative estimate of drug-likeness (QED) is 0.649. The number of amides is 1. The highest BCUT2D eigenvalue weighted by atomic mass is 79.9. The topological polar surface area (TPSA) is 77.8 Å². The summed E-state index contributed by atoms with van der Waals surface area (Å²) in [6.45, 7) is 0. The number of hydrogen-bond acceptors (Lipinski definition) is 2. The molecule has 7 heteroatoms. The summed E-state index contributed by atoms with van der Waals surface area (Å²) in [5.41, 5.74) is 1.97. The number of anilines is 1. The molecule has 1 aromatic heterocycles. The van der Waals surface area contributed by atoms with E-state index in [4.69, 9.17) is 11.6 Å². The van der Waals surface area contributed by atoms with E-state index in [1.807, 2.05) is 0 Å². The number of H-pyrrole nitrogens is 2. The number of rotatable bonds is 2. The highest BCUT2D eigenvalue weighted by Gasteiger charge is 2.11. The molecule has 0 saturated heterocycles. The van der Waals surface area contributed by atoms with Crippen LogP contribution >= 0.6 is 27.5 Å². The maximum atomic E-state index is 12.2. The van der Waals surface area contributed by atoms with Gasteiger partial charge in [0.05, 0.1) is 21.6 Å². The normalized spacial score (nSPS) is 10.8. The molecule has 0 bridgehead atoms. The molecule has 0 aliphatic carbocycles. The Kier molecular flexibility index (Phi) is 3.57. The van der Waals surface area contributed by atoms with Crippen molar-refractivity contribution in [2.24, 2.45) is 0 Å². The number of imidazole rings is 1. The lowest BCUT2D eigenvalue weighted by Crippen LogP contribution is -2.12. The first kappa shape index (κ1) is 13.9. The molecule has 0 saturated carbocycles. The summed E-state index contributed by atoms with van der Waals surface area (Å²) in [5, 5.41) is 3.10. The third-order valence-corrected chi connectivity index (χ3v) is 3.76. The molecule has 0 atom stereocenters. The molecular weight excluding hydrogens is 358 g/mol. The van der Waals surface area contributed by atoms with E-state index >= 15 is 0 Å². The molecule has 1 amide bonds. The third kappa shape index (κ3) is 2.86. The Bertz CT molecular complexity index is 901. The van der Waals surface area contributed by atoms with Crippen molar-refractivity contribution < 1.29 is 4.79 Å². The number of carbonyl (C=O) groups excluding carboxylic acids is 1. The molecule has 0 fully saturated rings. The van der Waals surface area contributed by atoms with Crippen molar-refractivity contribution in [3.05, 3.63) is 61.9 Å². The van der Waals surface area contributed by atoms with Crippen molar-refractivity contribution in [3.8, 4) is 0 Å². The molecule has 0 unspecified atom stereocenters. The first-order valence-electron chi connectivity index (χ1n) is 6.01. The van der Waals surface area contributed by atoms with Crippen molar-refractivity contribution in [1.29, 1.82) is 0 Å². The van der Waals surface area contributed by atoms with Crippen LogP contribution in [0.4, 0.5) is 5.69 Å². The fraction of sp³-hybridized carbons (Fsp3) is 0. The molecule has 0 radical (unpaired) electrons. The Morgan fingerprint density at radius 3 is 2.62 bits per heavy atom. The molecule has 21 heavy (non-hydrogen) atoms. The number of benzene rings is 2. The lowest BCUT2D eigenvalue weighted by Gasteiger charge is -2.07. The summed E-state index contributed by atoms with van der Waals surface area (Å²) in [5.74, 6) is -0.315. The highest BCUT2D eigenvalue weighted by Crippen LogP contribution is 2.23. The first-order valence-corrected chi connectivity index (χ1v) is 7.18. The van der Waals surface area contributed by atoms with Crippen molar-refractivity contribution in [2.75, 3.05) is 5.32 Å². The van der Waals surface area contributed by atoms with Crippen LogP contribution in [0.3, 0.4) is 0 Å². The van der Waals surface area contributed by atoms with E-state index in [-0.39, 0.29) is 11.6 Å². The van der Waals surface area contributed by atoms with Gasteiger partial charge in [-0.25, -0.2) is 4.79 Å². The number of nitrogens with one attached hydrogen (secondary N) is 3. The van der Waals surface area contributed by atoms with Crippen LogP contribution in [0, 0.1) is 0 Å². The minimum atomic E-state index is -0.315. The lowest BCUT2D eigenvalue weighted by molar-refractivity contribution is 0.102. The molecule has 106 valence electrons. The fourth-order valence-electron chi connectivity index (χ4n) is 1.98. The molecule has 3 aromatic rings. The second kappa shape index (κ2) is 5.38. The van der Waals surface area contributed by atoms with Crippen LogP contribution in [0.25, 0.3) is 11.0 Å². The number of fused-ring (bicyclic) bond motifs is 1. The van der Waals surface area contributed by atoms with Gasteiger partial charge in [0, 0.05) is 10.2 Å². The van der Waals surface area contributed by atoms with Crippen molar-refractivity contribution in [1.82, 2.24) is 9.97 Å². The maximum Gasteiger partial charge on any atom is 0.323 e. The SMILES string of the molecule is O=C(Nc1ccc2[nH]c(=O)[nH]c2c1)c1ccc(Br)cc1Cl. The van der Waals surface area contributed by atoms with Crippen LogP contribution in [-0.2, 0) is 0 Å². The number of carbonyl (C=O) groups is 1. The van der Waals surface area contributed by atoms with Crippen molar-refractivity contribution >= 4 is 50.2 Å². The van der Waals surface area contributed by atoms with Gasteiger partial charge in [-0.05, 0) is 36.4 Å². The zero-order valence-corrected chi connectivity index (χ0v) is 12.9. The van der Waals surface area contributed by atoms with Gasteiger partial charge in [-0.3, -0.25) is 4.79 Å². The predicted octanol–water partition coefficient (Wildman–Crippen LogP) is 3.52. The zero-order chi connectivity index (χ0) is 15.0. The van der Waals surface area contributed by atoms with E-state index < -0.39 is 0 Å². The zero-order valence-electron chi connectivity index (χ0n) is 10.5. The molecule has 3 rings (SSSR count). The fourth-order valence-corrected chi connectivity index (χ4v) is 2.74. The Hall–Kier alpha value is -2.05. The lowest BCUT2D eigenvalue weighted by atomic mass is 10.2. The molecule has 2 aromatic carbocycles. The van der Waals surface area contributed by atoms with Gasteiger partial charge >= 0.3 is 5.69 Å². The molecular formula is C14H9BrClN3O2. The van der Waals surface area contributed by atoms with E-state index in [0.717, 1.165) is 4.47 Å². The van der Waals surface area contributed by atoms with Crippen LogP contribution in [0.2, 0.25) is 5.02 Å². The van der Waals surface area contributed by atoms with Gasteiger partial charge < -0.3 is 15.3 Å². The van der Waals surface area contributed by atoms with Crippen LogP contribution in [0.15, 0.2) is 45.7 Å². The van der Waals surface area contributed by atoms with E-state index in [1.54, 1.807) is 36.4 Å². The summed E-state index contributed by atoms with van der Waals surface area (Å²) >= 11 is 9.33. The molecule has 0 spiro atoms. The predicted molar refractivity (Wildman–Crippen MR) is 86.0 cm³/mol. The summed E-state index contributed by atoms with van der Waals surface area (Å²) < 4.78 is 0.801. The Morgan fingerprint density at radius 1 is 1.10 bits per heavy atom. The molecule has 1 heterocycles. The van der Waals surface area contributed by atoms with Gasteiger partial charge in [0.2, 0.25) is 0 Å². The number of aromatic amines is 2. The standard InChI is InChI=1S/C14H9BrClN3O2/c15-7-1-3-9(10(16)5-7)13(20)17-8-2-4-11-12(6-8)19-14(21)18-11/h1-6H,(H,17,20)(H2,18,19,21). The Balaban J connectivity index is 1.90. The maximum absolute atomic E-state index is 12.2. The van der Waals surface area contributed by atoms with Crippen LogP contribution in [-0.4, -0.2) is 15.9 Å². The summed E-state index contributed by atoms with van der Waals surface area (Å²) in [6, 6.07) is 10.1. The smallest absolute Gasteiger partial charge is 0.322 e. The molecule has 3 N–H and O–H groups in total. The van der Waals surface area contributed by atoms with Gasteiger partial charge in [-0.2, -0.15) is 0 Å². The van der Waals surface area contributed by atoms with Crippen LogP contribution in [0.5, 0.6) is 0 Å². The van der Waals surface area contributed by atoms with Gasteiger partial charge in [0.1, 0.15) is 0 Å². The van der Waals surface area contributed by atoms with E-state index in [2.05, 4.69) is 31.2 Å². The summed E-state index contributed by atoms with van der Waals surface area (Å²) in [6.07, 6.45) is 0. The van der Waals surface area contributed by atoms with Gasteiger partial charge in [0.15, 0.2) is 0 Å². The van der Waals surface area contributed by atoms with Gasteiger partial charge in [-0.15, -0.1) is 0 Å². The second-order valence-corrected chi connectivity index (χ2v) is 5.74. The number of hydrogen-bond donors (Lipinski definition) is 3. The second-order valence-electron chi connectivity index (χ2n) is 4.42. The van der Waals surface area contributed by atoms with E-state index in [1.165, 1.54) is 0 Å². The summed E-state index contributed by atoms with van der Waals surface area (Å²) in [4.78, 5) is 28.7. The van der Waals surface area contributed by atoms with Crippen molar-refractivity contribution in [3.63, 3.8) is 0 Å². The minimum Gasteiger partial charge on any atom is -0.322 e. The average molecular weight is 367 g/mol. The van der Waals surface area contributed by atoms with Gasteiger partial charge in [-0.1, -0.05) is 27.5 Å². The van der Waals surface area contributed by atoms with Crippen LogP contribution in [0.1, 0.15) is 10.4 Å². The minimum absolute atomic E-state index is 0.288. The average Bonchev–Trinajstić information content (AvgIpc) is 2.77. The largest absolute Gasteiger partial charge is 0.323 e. The first-order chi connectivity index (χ1) is 10.0. The molecule has 0 aliphatic rings. The Morgan fingerprint density at radius 2 is 1.86 bits per heavy atom. The molecule has 0 aliphatic heterocycles. The number of halogens is 2.